The van der Waals surface area contributed by atoms with Crippen LogP contribution in [0.5, 0.6) is 5.75 Å². The Balaban J connectivity index is 1.55. The van der Waals surface area contributed by atoms with Crippen LogP contribution in [0.4, 0.5) is 10.1 Å². The first-order valence-corrected chi connectivity index (χ1v) is 9.49. The van der Waals surface area contributed by atoms with Crippen LogP contribution in [0.3, 0.4) is 0 Å². The Morgan fingerprint density at radius 2 is 1.76 bits per heavy atom. The number of fused-ring (bicyclic) bond motifs is 1. The van der Waals surface area contributed by atoms with Gasteiger partial charge < -0.3 is 19.3 Å². The Morgan fingerprint density at radius 3 is 2.52 bits per heavy atom. The third kappa shape index (κ3) is 4.30. The number of carbonyl (C=O) groups excluding carboxylic acids is 2. The molecule has 1 fully saturated rings. The lowest BCUT2D eigenvalue weighted by Crippen LogP contribution is -2.53. The monoisotopic (exact) mass is 396 g/mol. The van der Waals surface area contributed by atoms with E-state index in [0.29, 0.717) is 43.3 Å². The van der Waals surface area contributed by atoms with E-state index in [4.69, 9.17) is 9.47 Å². The molecular weight excluding hydrogens is 375 g/mol. The summed E-state index contributed by atoms with van der Waals surface area (Å²) in [6.07, 6.45) is 2.27. The van der Waals surface area contributed by atoms with Crippen molar-refractivity contribution in [3.63, 3.8) is 0 Å². The highest BCUT2D eigenvalue weighted by molar-refractivity contribution is 6.05. The minimum absolute atomic E-state index is 0.125. The van der Waals surface area contributed by atoms with Crippen LogP contribution >= 0.6 is 0 Å². The maximum Gasteiger partial charge on any atom is 0.265 e. The van der Waals surface area contributed by atoms with Gasteiger partial charge in [0.25, 0.3) is 11.8 Å². The van der Waals surface area contributed by atoms with Crippen LogP contribution in [0.25, 0.3) is 6.08 Å². The lowest BCUT2D eigenvalue weighted by molar-refractivity contribution is -0.142. The second kappa shape index (κ2) is 8.45. The number of nitrogens with zero attached hydrogens (tertiary/aromatic N) is 2. The van der Waals surface area contributed by atoms with Gasteiger partial charge in [-0.15, -0.1) is 0 Å². The summed E-state index contributed by atoms with van der Waals surface area (Å²) >= 11 is 0. The maximum absolute atomic E-state index is 13.1. The molecule has 6 nitrogen and oxygen atoms in total. The standard InChI is InChI=1S/C22H21FN2O4/c23-17-8-5-16(6-9-17)7-10-21(26)25-15-20(22(27)24-11-13-28-14-12-24)29-19-4-2-1-3-18(19)25/h1-10,20H,11-15H2/b10-7+/t20-/m1/s1. The molecule has 29 heavy (non-hydrogen) atoms. The number of halogens is 1. The summed E-state index contributed by atoms with van der Waals surface area (Å²) in [5, 5.41) is 0. The van der Waals surface area contributed by atoms with Gasteiger partial charge in [-0.2, -0.15) is 0 Å². The number of anilines is 1. The Labute approximate surface area is 168 Å². The Morgan fingerprint density at radius 1 is 1.03 bits per heavy atom. The van der Waals surface area contributed by atoms with Crippen molar-refractivity contribution in [2.45, 2.75) is 6.10 Å². The molecule has 2 amide bonds. The third-order valence-electron chi connectivity index (χ3n) is 4.93. The summed E-state index contributed by atoms with van der Waals surface area (Å²) in [5.74, 6) is -0.262. The number of hydrogen-bond donors (Lipinski definition) is 0. The fourth-order valence-electron chi connectivity index (χ4n) is 3.39. The van der Waals surface area contributed by atoms with Crippen molar-refractivity contribution in [3.8, 4) is 5.75 Å². The molecule has 150 valence electrons. The summed E-state index contributed by atoms with van der Waals surface area (Å²) in [5.41, 5.74) is 1.33. The van der Waals surface area contributed by atoms with Crippen molar-refractivity contribution in [3.05, 3.63) is 66.0 Å². The Hall–Kier alpha value is -3.19. The van der Waals surface area contributed by atoms with Gasteiger partial charge in [-0.05, 0) is 35.9 Å². The zero-order chi connectivity index (χ0) is 20.2. The molecule has 0 radical (unpaired) electrons. The Bertz CT molecular complexity index is 923. The van der Waals surface area contributed by atoms with Crippen LogP contribution in [0, 0.1) is 5.82 Å². The molecule has 4 rings (SSSR count). The predicted octanol–water partition coefficient (Wildman–Crippen LogP) is 2.49. The quantitative estimate of drug-likeness (QED) is 0.748. The molecule has 2 aliphatic heterocycles. The first-order chi connectivity index (χ1) is 14.1. The van der Waals surface area contributed by atoms with Crippen LogP contribution in [0.2, 0.25) is 0 Å². The van der Waals surface area contributed by atoms with E-state index in [9.17, 15) is 14.0 Å². The molecular formula is C22H21FN2O4. The van der Waals surface area contributed by atoms with Crippen LogP contribution in [0.15, 0.2) is 54.6 Å². The highest BCUT2D eigenvalue weighted by Crippen LogP contribution is 2.33. The predicted molar refractivity (Wildman–Crippen MR) is 106 cm³/mol. The van der Waals surface area contributed by atoms with E-state index in [1.54, 1.807) is 46.2 Å². The van der Waals surface area contributed by atoms with Gasteiger partial charge in [0.1, 0.15) is 11.6 Å². The molecule has 0 N–H and O–H groups in total. The minimum atomic E-state index is -0.772. The van der Waals surface area contributed by atoms with Gasteiger partial charge >= 0.3 is 0 Å². The molecule has 2 aromatic carbocycles. The van der Waals surface area contributed by atoms with Crippen molar-refractivity contribution < 1.29 is 23.5 Å². The average molecular weight is 396 g/mol. The number of hydrogen-bond acceptors (Lipinski definition) is 4. The second-order valence-electron chi connectivity index (χ2n) is 6.85. The van der Waals surface area contributed by atoms with Crippen LogP contribution in [-0.4, -0.2) is 55.7 Å². The SMILES string of the molecule is O=C([C@H]1CN(C(=O)/C=C/c2ccc(F)cc2)c2ccccc2O1)N1CCOCC1. The van der Waals surface area contributed by atoms with Gasteiger partial charge in [-0.25, -0.2) is 4.39 Å². The number of amides is 2. The van der Waals surface area contributed by atoms with Gasteiger partial charge in [0.15, 0.2) is 6.10 Å². The van der Waals surface area contributed by atoms with E-state index < -0.39 is 6.10 Å². The van der Waals surface area contributed by atoms with Gasteiger partial charge in [0, 0.05) is 19.2 Å². The van der Waals surface area contributed by atoms with Gasteiger partial charge in [-0.3, -0.25) is 9.59 Å². The molecule has 2 aromatic rings. The zero-order valence-electron chi connectivity index (χ0n) is 15.8. The number of morpholine rings is 1. The van der Waals surface area contributed by atoms with E-state index in [0.717, 1.165) is 0 Å². The molecule has 0 spiro atoms. The number of rotatable bonds is 3. The van der Waals surface area contributed by atoms with Crippen LogP contribution in [-0.2, 0) is 14.3 Å². The molecule has 0 bridgehead atoms. The summed E-state index contributed by atoms with van der Waals surface area (Å²) in [6.45, 7) is 2.15. The number of para-hydroxylation sites is 2. The van der Waals surface area contributed by atoms with Crippen molar-refractivity contribution >= 4 is 23.6 Å². The fraction of sp³-hybridized carbons (Fsp3) is 0.273. The van der Waals surface area contributed by atoms with E-state index in [1.165, 1.54) is 18.2 Å². The molecule has 0 aliphatic carbocycles. The second-order valence-corrected chi connectivity index (χ2v) is 6.85. The molecule has 2 heterocycles. The molecule has 1 saturated heterocycles. The molecule has 2 aliphatic rings. The highest BCUT2D eigenvalue weighted by Gasteiger charge is 2.35. The zero-order valence-corrected chi connectivity index (χ0v) is 15.8. The van der Waals surface area contributed by atoms with Crippen LogP contribution in [0.1, 0.15) is 5.56 Å². The molecule has 7 heteroatoms. The summed E-state index contributed by atoms with van der Waals surface area (Å²) in [6, 6.07) is 13.0. The number of benzene rings is 2. The lowest BCUT2D eigenvalue weighted by Gasteiger charge is -2.37. The highest BCUT2D eigenvalue weighted by atomic mass is 19.1. The van der Waals surface area contributed by atoms with Crippen molar-refractivity contribution in [1.29, 1.82) is 0 Å². The molecule has 1 atom stereocenters. The topological polar surface area (TPSA) is 59.1 Å². The normalized spacial score (nSPS) is 19.0. The summed E-state index contributed by atoms with van der Waals surface area (Å²) in [4.78, 5) is 29.1. The van der Waals surface area contributed by atoms with Gasteiger partial charge in [0.2, 0.25) is 0 Å². The minimum Gasteiger partial charge on any atom is -0.476 e. The molecule has 0 aromatic heterocycles. The Kier molecular flexibility index (Phi) is 5.57. The van der Waals surface area contributed by atoms with Crippen molar-refractivity contribution in [1.82, 2.24) is 4.90 Å². The fourth-order valence-corrected chi connectivity index (χ4v) is 3.39. The van der Waals surface area contributed by atoms with Gasteiger partial charge in [0.05, 0.1) is 25.4 Å². The van der Waals surface area contributed by atoms with E-state index >= 15 is 0 Å². The van der Waals surface area contributed by atoms with E-state index in [1.807, 2.05) is 6.07 Å². The van der Waals surface area contributed by atoms with Crippen LogP contribution < -0.4 is 9.64 Å². The summed E-state index contributed by atoms with van der Waals surface area (Å²) in [7, 11) is 0. The van der Waals surface area contributed by atoms with Crippen molar-refractivity contribution in [2.24, 2.45) is 0 Å². The number of carbonyl (C=O) groups is 2. The van der Waals surface area contributed by atoms with Crippen molar-refractivity contribution in [2.75, 3.05) is 37.7 Å². The smallest absolute Gasteiger partial charge is 0.265 e. The molecule has 0 unspecified atom stereocenters. The summed E-state index contributed by atoms with van der Waals surface area (Å²) < 4.78 is 24.3. The largest absolute Gasteiger partial charge is 0.476 e. The number of ether oxygens (including phenoxy) is 2. The van der Waals surface area contributed by atoms with Gasteiger partial charge in [-0.1, -0.05) is 24.3 Å². The molecule has 0 saturated carbocycles. The average Bonchev–Trinajstić information content (AvgIpc) is 2.78. The van der Waals surface area contributed by atoms with E-state index in [-0.39, 0.29) is 24.2 Å². The first kappa shape index (κ1) is 19.1. The maximum atomic E-state index is 13.1. The van der Waals surface area contributed by atoms with E-state index in [2.05, 4.69) is 0 Å². The third-order valence-corrected chi connectivity index (χ3v) is 4.93. The first-order valence-electron chi connectivity index (χ1n) is 9.49. The lowest BCUT2D eigenvalue weighted by atomic mass is 10.1.